The fourth-order valence-electron chi connectivity index (χ4n) is 2.44. The Balaban J connectivity index is 1.70. The van der Waals surface area contributed by atoms with Crippen molar-refractivity contribution in [2.24, 2.45) is 0 Å². The minimum absolute atomic E-state index is 0.157. The van der Waals surface area contributed by atoms with Crippen LogP contribution in [0.25, 0.3) is 11.0 Å². The number of hydrogen-bond acceptors (Lipinski definition) is 5. The number of hydrogen-bond donors (Lipinski definition) is 2. The lowest BCUT2D eigenvalue weighted by molar-refractivity contribution is -0.115. The van der Waals surface area contributed by atoms with E-state index in [4.69, 9.17) is 4.74 Å². The van der Waals surface area contributed by atoms with E-state index in [0.717, 1.165) is 11.3 Å². The Morgan fingerprint density at radius 1 is 1.16 bits per heavy atom. The summed E-state index contributed by atoms with van der Waals surface area (Å²) in [7, 11) is 2.91. The normalized spacial score (nSPS) is 10.5. The van der Waals surface area contributed by atoms with Crippen LogP contribution in [0.1, 0.15) is 16.1 Å². The van der Waals surface area contributed by atoms with Crippen LogP contribution in [-0.4, -0.2) is 36.1 Å². The van der Waals surface area contributed by atoms with Crippen LogP contribution < -0.4 is 10.1 Å². The predicted molar refractivity (Wildman–Crippen MR) is 92.8 cm³/mol. The average molecular weight is 339 g/mol. The van der Waals surface area contributed by atoms with Crippen molar-refractivity contribution in [3.05, 3.63) is 53.9 Å². The number of methoxy groups -OCH3 is 2. The third-order valence-corrected chi connectivity index (χ3v) is 3.68. The van der Waals surface area contributed by atoms with Gasteiger partial charge in [-0.3, -0.25) is 4.79 Å². The third-order valence-electron chi connectivity index (χ3n) is 3.68. The molecule has 3 aromatic rings. The lowest BCUT2D eigenvalue weighted by Gasteiger charge is -2.06. The van der Waals surface area contributed by atoms with Gasteiger partial charge in [0.05, 0.1) is 32.5 Å². The molecule has 0 saturated carbocycles. The standard InChI is InChI=1S/C18H17N3O4/c1-24-14-5-3-11(4-6-14)7-16(22)20-13-8-12-9-15(18(23)25-2)21-17(12)19-10-13/h3-6,8-10H,7H2,1-2H3,(H,19,21)(H,20,22). The lowest BCUT2D eigenvalue weighted by Crippen LogP contribution is -2.14. The number of aromatic nitrogens is 2. The Kier molecular flexibility index (Phi) is 4.65. The molecule has 0 bridgehead atoms. The Hall–Kier alpha value is -3.35. The highest BCUT2D eigenvalue weighted by molar-refractivity contribution is 5.97. The molecule has 1 amide bonds. The van der Waals surface area contributed by atoms with Crippen molar-refractivity contribution in [3.63, 3.8) is 0 Å². The number of pyridine rings is 1. The molecule has 0 aliphatic heterocycles. The number of anilines is 1. The molecule has 0 saturated heterocycles. The zero-order valence-electron chi connectivity index (χ0n) is 13.8. The van der Waals surface area contributed by atoms with E-state index >= 15 is 0 Å². The molecule has 0 spiro atoms. The number of nitrogens with one attached hydrogen (secondary N) is 2. The second kappa shape index (κ2) is 7.04. The molecule has 0 radical (unpaired) electrons. The summed E-state index contributed by atoms with van der Waals surface area (Å²) in [4.78, 5) is 30.8. The fraction of sp³-hybridized carbons (Fsp3) is 0.167. The van der Waals surface area contributed by atoms with Gasteiger partial charge >= 0.3 is 5.97 Å². The summed E-state index contributed by atoms with van der Waals surface area (Å²) in [5.41, 5.74) is 2.30. The second-order valence-corrected chi connectivity index (χ2v) is 5.41. The monoisotopic (exact) mass is 339 g/mol. The van der Waals surface area contributed by atoms with Crippen molar-refractivity contribution in [1.29, 1.82) is 0 Å². The molecule has 0 fully saturated rings. The number of carbonyl (C=O) groups excluding carboxylic acids is 2. The second-order valence-electron chi connectivity index (χ2n) is 5.41. The molecule has 7 heteroatoms. The van der Waals surface area contributed by atoms with Crippen molar-refractivity contribution >= 4 is 28.6 Å². The SMILES string of the molecule is COC(=O)c1cc2cc(NC(=O)Cc3ccc(OC)cc3)cnc2[nH]1. The number of aromatic amines is 1. The van der Waals surface area contributed by atoms with Crippen LogP contribution in [0, 0.1) is 0 Å². The maximum atomic E-state index is 12.2. The van der Waals surface area contributed by atoms with Crippen molar-refractivity contribution in [2.75, 3.05) is 19.5 Å². The average Bonchev–Trinajstić information content (AvgIpc) is 3.05. The number of H-pyrrole nitrogens is 1. The maximum absolute atomic E-state index is 12.2. The third kappa shape index (κ3) is 3.77. The zero-order chi connectivity index (χ0) is 17.8. The Bertz CT molecular complexity index is 916. The molecule has 3 rings (SSSR count). The van der Waals surface area contributed by atoms with Crippen LogP contribution in [0.2, 0.25) is 0 Å². The summed E-state index contributed by atoms with van der Waals surface area (Å²) >= 11 is 0. The highest BCUT2D eigenvalue weighted by atomic mass is 16.5. The molecule has 7 nitrogen and oxygen atoms in total. The van der Waals surface area contributed by atoms with Crippen LogP contribution >= 0.6 is 0 Å². The highest BCUT2D eigenvalue weighted by Gasteiger charge is 2.11. The van der Waals surface area contributed by atoms with Gasteiger partial charge in [0, 0.05) is 5.39 Å². The number of amides is 1. The van der Waals surface area contributed by atoms with Crippen LogP contribution in [0.4, 0.5) is 5.69 Å². The van der Waals surface area contributed by atoms with Crippen LogP contribution in [0.3, 0.4) is 0 Å². The van der Waals surface area contributed by atoms with Gasteiger partial charge in [-0.1, -0.05) is 12.1 Å². The quantitative estimate of drug-likeness (QED) is 0.697. The molecular formula is C18H17N3O4. The summed E-state index contributed by atoms with van der Waals surface area (Å²) in [5.74, 6) is 0.116. The smallest absolute Gasteiger partial charge is 0.354 e. The number of ether oxygens (including phenoxy) is 2. The molecule has 2 N–H and O–H groups in total. The first kappa shape index (κ1) is 16.5. The largest absolute Gasteiger partial charge is 0.497 e. The summed E-state index contributed by atoms with van der Waals surface area (Å²) < 4.78 is 9.76. The van der Waals surface area contributed by atoms with Gasteiger partial charge in [-0.25, -0.2) is 9.78 Å². The van der Waals surface area contributed by atoms with E-state index in [1.165, 1.54) is 13.3 Å². The van der Waals surface area contributed by atoms with E-state index in [9.17, 15) is 9.59 Å². The molecule has 128 valence electrons. The molecular weight excluding hydrogens is 322 g/mol. The van der Waals surface area contributed by atoms with Gasteiger partial charge in [0.15, 0.2) is 0 Å². The van der Waals surface area contributed by atoms with E-state index in [0.29, 0.717) is 22.4 Å². The van der Waals surface area contributed by atoms with Crippen LogP contribution in [-0.2, 0) is 16.0 Å². The van der Waals surface area contributed by atoms with Crippen molar-refractivity contribution < 1.29 is 19.1 Å². The number of fused-ring (bicyclic) bond motifs is 1. The Morgan fingerprint density at radius 2 is 1.92 bits per heavy atom. The zero-order valence-corrected chi connectivity index (χ0v) is 13.8. The van der Waals surface area contributed by atoms with Crippen LogP contribution in [0.5, 0.6) is 5.75 Å². The molecule has 0 aliphatic carbocycles. The molecule has 2 heterocycles. The van der Waals surface area contributed by atoms with E-state index in [2.05, 4.69) is 20.0 Å². The number of benzene rings is 1. The van der Waals surface area contributed by atoms with Crippen molar-refractivity contribution in [2.45, 2.75) is 6.42 Å². The number of rotatable bonds is 5. The van der Waals surface area contributed by atoms with Gasteiger partial charge in [0.2, 0.25) is 5.91 Å². The van der Waals surface area contributed by atoms with Crippen LogP contribution in [0.15, 0.2) is 42.6 Å². The van der Waals surface area contributed by atoms with E-state index < -0.39 is 5.97 Å². The molecule has 25 heavy (non-hydrogen) atoms. The minimum Gasteiger partial charge on any atom is -0.497 e. The first-order valence-corrected chi connectivity index (χ1v) is 7.59. The van der Waals surface area contributed by atoms with Gasteiger partial charge in [-0.15, -0.1) is 0 Å². The summed E-state index contributed by atoms with van der Waals surface area (Å²) in [5, 5.41) is 3.51. The lowest BCUT2D eigenvalue weighted by atomic mass is 10.1. The molecule has 0 unspecified atom stereocenters. The molecule has 0 atom stereocenters. The van der Waals surface area contributed by atoms with E-state index in [1.54, 1.807) is 19.2 Å². The Labute approximate surface area is 144 Å². The van der Waals surface area contributed by atoms with Gasteiger partial charge in [-0.2, -0.15) is 0 Å². The summed E-state index contributed by atoms with van der Waals surface area (Å²) in [6, 6.07) is 10.7. The molecule has 2 aromatic heterocycles. The van der Waals surface area contributed by atoms with Crippen molar-refractivity contribution in [3.8, 4) is 5.75 Å². The first-order chi connectivity index (χ1) is 12.1. The van der Waals surface area contributed by atoms with Gasteiger partial charge in [0.1, 0.15) is 17.1 Å². The fourth-order valence-corrected chi connectivity index (χ4v) is 2.44. The number of nitrogens with zero attached hydrogens (tertiary/aromatic N) is 1. The minimum atomic E-state index is -0.469. The maximum Gasteiger partial charge on any atom is 0.354 e. The molecule has 0 aliphatic rings. The van der Waals surface area contributed by atoms with Gasteiger partial charge < -0.3 is 19.8 Å². The van der Waals surface area contributed by atoms with Crippen molar-refractivity contribution in [1.82, 2.24) is 9.97 Å². The summed E-state index contributed by atoms with van der Waals surface area (Å²) in [6.45, 7) is 0. The predicted octanol–water partition coefficient (Wildman–Crippen LogP) is 2.54. The Morgan fingerprint density at radius 3 is 2.60 bits per heavy atom. The molecule has 1 aromatic carbocycles. The van der Waals surface area contributed by atoms with Gasteiger partial charge in [0.25, 0.3) is 0 Å². The summed E-state index contributed by atoms with van der Waals surface area (Å²) in [6.07, 6.45) is 1.77. The van der Waals surface area contributed by atoms with Gasteiger partial charge in [-0.05, 0) is 29.8 Å². The first-order valence-electron chi connectivity index (χ1n) is 7.59. The topological polar surface area (TPSA) is 93.3 Å². The van der Waals surface area contributed by atoms with E-state index in [-0.39, 0.29) is 12.3 Å². The van der Waals surface area contributed by atoms with E-state index in [1.807, 2.05) is 24.3 Å². The number of carbonyl (C=O) groups is 2. The highest BCUT2D eigenvalue weighted by Crippen LogP contribution is 2.19. The number of esters is 1.